The Labute approximate surface area is 171 Å². The lowest BCUT2D eigenvalue weighted by atomic mass is 10.2. The quantitative estimate of drug-likeness (QED) is 0.574. The molecule has 0 unspecified atom stereocenters. The number of carbonyl (C=O) groups excluding carboxylic acids is 2. The number of hydrogen-bond donors (Lipinski definition) is 1. The number of carbonyl (C=O) groups is 2. The van der Waals surface area contributed by atoms with Gasteiger partial charge >= 0.3 is 0 Å². The van der Waals surface area contributed by atoms with Crippen LogP contribution in [0.3, 0.4) is 0 Å². The van der Waals surface area contributed by atoms with Crippen LogP contribution in [0.5, 0.6) is 11.5 Å². The molecule has 0 spiro atoms. The van der Waals surface area contributed by atoms with E-state index in [1.54, 1.807) is 43.6 Å². The van der Waals surface area contributed by atoms with Crippen LogP contribution >= 0.6 is 24.0 Å². The number of methoxy groups -OCH3 is 1. The van der Waals surface area contributed by atoms with Gasteiger partial charge in [0.2, 0.25) is 0 Å². The van der Waals surface area contributed by atoms with Gasteiger partial charge in [0.25, 0.3) is 11.8 Å². The molecule has 0 saturated carbocycles. The van der Waals surface area contributed by atoms with E-state index in [1.165, 1.54) is 6.20 Å². The van der Waals surface area contributed by atoms with Crippen LogP contribution < -0.4 is 14.9 Å². The summed E-state index contributed by atoms with van der Waals surface area (Å²) in [5.41, 5.74) is 3.60. The molecule has 3 rings (SSSR count). The summed E-state index contributed by atoms with van der Waals surface area (Å²) < 4.78 is 11.1. The number of thioether (sulfide) groups is 1. The van der Waals surface area contributed by atoms with Gasteiger partial charge in [-0.2, -0.15) is 5.01 Å². The number of nitrogens with one attached hydrogen (secondary N) is 1. The van der Waals surface area contributed by atoms with Gasteiger partial charge in [0.1, 0.15) is 0 Å². The van der Waals surface area contributed by atoms with E-state index in [1.807, 2.05) is 13.0 Å². The summed E-state index contributed by atoms with van der Waals surface area (Å²) >= 11 is 6.34. The fraction of sp³-hybridized carbons (Fsp3) is 0.158. The molecule has 2 heterocycles. The summed E-state index contributed by atoms with van der Waals surface area (Å²) in [5.74, 6) is 0.322. The van der Waals surface area contributed by atoms with Crippen molar-refractivity contribution in [1.82, 2.24) is 15.4 Å². The lowest BCUT2D eigenvalue weighted by Gasteiger charge is -2.15. The summed E-state index contributed by atoms with van der Waals surface area (Å²) in [6, 6.07) is 8.60. The molecule has 1 aliphatic rings. The number of rotatable bonds is 6. The number of aromatic nitrogens is 1. The average molecular weight is 415 g/mol. The minimum absolute atomic E-state index is 0.242. The van der Waals surface area contributed by atoms with E-state index in [2.05, 4.69) is 10.4 Å². The third-order valence-electron chi connectivity index (χ3n) is 3.72. The smallest absolute Gasteiger partial charge is 0.285 e. The highest BCUT2D eigenvalue weighted by Crippen LogP contribution is 2.34. The first-order chi connectivity index (χ1) is 13.5. The number of hydrogen-bond acceptors (Lipinski definition) is 7. The molecule has 0 aliphatic carbocycles. The highest BCUT2D eigenvalue weighted by molar-refractivity contribution is 8.26. The van der Waals surface area contributed by atoms with Crippen molar-refractivity contribution in [1.29, 1.82) is 0 Å². The van der Waals surface area contributed by atoms with Gasteiger partial charge in [-0.1, -0.05) is 17.8 Å². The molecular formula is C19H17N3O4S2. The summed E-state index contributed by atoms with van der Waals surface area (Å²) in [6.45, 7) is 2.41. The molecule has 28 heavy (non-hydrogen) atoms. The molecule has 1 aliphatic heterocycles. The van der Waals surface area contributed by atoms with Crippen LogP contribution in [0.1, 0.15) is 22.8 Å². The lowest BCUT2D eigenvalue weighted by Crippen LogP contribution is -2.44. The fourth-order valence-electron chi connectivity index (χ4n) is 2.43. The Morgan fingerprint density at radius 1 is 1.36 bits per heavy atom. The van der Waals surface area contributed by atoms with Gasteiger partial charge in [0.05, 0.1) is 24.2 Å². The average Bonchev–Trinajstić information content (AvgIpc) is 2.97. The lowest BCUT2D eigenvalue weighted by molar-refractivity contribution is -0.123. The summed E-state index contributed by atoms with van der Waals surface area (Å²) in [6.07, 6.45) is 4.66. The van der Waals surface area contributed by atoms with Crippen LogP contribution in [0.25, 0.3) is 6.08 Å². The van der Waals surface area contributed by atoms with Gasteiger partial charge in [0.15, 0.2) is 15.8 Å². The molecule has 7 nitrogen and oxygen atoms in total. The molecule has 1 aromatic heterocycles. The maximum Gasteiger partial charge on any atom is 0.285 e. The normalized spacial score (nSPS) is 15.1. The summed E-state index contributed by atoms with van der Waals surface area (Å²) in [4.78, 5) is 29.2. The number of thiocarbonyl (C=S) groups is 1. The van der Waals surface area contributed by atoms with E-state index in [0.29, 0.717) is 28.6 Å². The highest BCUT2D eigenvalue weighted by atomic mass is 32.2. The van der Waals surface area contributed by atoms with Gasteiger partial charge in [-0.25, -0.2) is 0 Å². The molecule has 0 bridgehead atoms. The van der Waals surface area contributed by atoms with Crippen molar-refractivity contribution in [3.63, 3.8) is 0 Å². The predicted molar refractivity (Wildman–Crippen MR) is 111 cm³/mol. The number of ether oxygens (including phenoxy) is 2. The second-order valence-corrected chi connectivity index (χ2v) is 7.22. The van der Waals surface area contributed by atoms with E-state index in [-0.39, 0.29) is 4.32 Å². The molecule has 0 atom stereocenters. The topological polar surface area (TPSA) is 80.8 Å². The van der Waals surface area contributed by atoms with E-state index in [4.69, 9.17) is 21.7 Å². The molecule has 1 fully saturated rings. The zero-order valence-electron chi connectivity index (χ0n) is 15.2. The highest BCUT2D eigenvalue weighted by Gasteiger charge is 2.33. The third kappa shape index (κ3) is 4.32. The number of benzene rings is 1. The minimum atomic E-state index is -0.464. The molecule has 9 heteroatoms. The van der Waals surface area contributed by atoms with Crippen molar-refractivity contribution in [3.8, 4) is 11.5 Å². The maximum absolute atomic E-state index is 12.7. The van der Waals surface area contributed by atoms with Crippen LogP contribution in [0.15, 0.2) is 47.6 Å². The number of pyridine rings is 1. The van der Waals surface area contributed by atoms with Crippen molar-refractivity contribution in [2.45, 2.75) is 6.92 Å². The molecule has 2 amide bonds. The Balaban J connectivity index is 1.78. The summed E-state index contributed by atoms with van der Waals surface area (Å²) in [7, 11) is 1.55. The van der Waals surface area contributed by atoms with Gasteiger partial charge in [-0.15, -0.1) is 0 Å². The largest absolute Gasteiger partial charge is 0.493 e. The molecule has 2 aromatic rings. The molecule has 144 valence electrons. The van der Waals surface area contributed by atoms with Crippen molar-refractivity contribution in [3.05, 3.63) is 58.8 Å². The fourth-order valence-corrected chi connectivity index (χ4v) is 3.61. The Bertz CT molecular complexity index is 947. The number of nitrogens with zero attached hydrogens (tertiary/aromatic N) is 2. The SMILES string of the molecule is CCOc1ccc(C=C2SC(=S)N(NC(=O)c3cccnc3)C2=O)cc1OC. The van der Waals surface area contributed by atoms with E-state index >= 15 is 0 Å². The van der Waals surface area contributed by atoms with Crippen LogP contribution in [0.4, 0.5) is 0 Å². The second-order valence-electron chi connectivity index (χ2n) is 5.54. The molecule has 0 radical (unpaired) electrons. The molecule has 1 N–H and O–H groups in total. The van der Waals surface area contributed by atoms with Crippen LogP contribution in [-0.2, 0) is 4.79 Å². The van der Waals surface area contributed by atoms with E-state index in [9.17, 15) is 9.59 Å². The first-order valence-electron chi connectivity index (χ1n) is 8.33. The van der Waals surface area contributed by atoms with Crippen LogP contribution in [-0.4, -0.2) is 39.8 Å². The van der Waals surface area contributed by atoms with Crippen molar-refractivity contribution < 1.29 is 19.1 Å². The predicted octanol–water partition coefficient (Wildman–Crippen LogP) is 3.04. The Morgan fingerprint density at radius 2 is 2.18 bits per heavy atom. The third-order valence-corrected chi connectivity index (χ3v) is 5.02. The van der Waals surface area contributed by atoms with Gasteiger partial charge in [-0.3, -0.25) is 20.0 Å². The van der Waals surface area contributed by atoms with Gasteiger partial charge < -0.3 is 9.47 Å². The first-order valence-corrected chi connectivity index (χ1v) is 9.55. The van der Waals surface area contributed by atoms with Crippen LogP contribution in [0, 0.1) is 0 Å². The second kappa shape index (κ2) is 8.85. The Hall–Kier alpha value is -2.91. The summed E-state index contributed by atoms with van der Waals surface area (Å²) in [5, 5.41) is 1.06. The van der Waals surface area contributed by atoms with Crippen molar-refractivity contribution >= 4 is 46.2 Å². The Morgan fingerprint density at radius 3 is 2.86 bits per heavy atom. The number of hydrazine groups is 1. The zero-order valence-corrected chi connectivity index (χ0v) is 16.8. The molecule has 1 aromatic carbocycles. The first kappa shape index (κ1) is 19.8. The van der Waals surface area contributed by atoms with E-state index < -0.39 is 11.8 Å². The standard InChI is InChI=1S/C19H17N3O4S2/c1-3-26-14-7-6-12(9-15(14)25-2)10-16-18(24)22(19(27)28-16)21-17(23)13-5-4-8-20-11-13/h4-11H,3H2,1-2H3,(H,21,23). The van der Waals surface area contributed by atoms with Gasteiger partial charge in [0, 0.05) is 12.4 Å². The van der Waals surface area contributed by atoms with Gasteiger partial charge in [-0.05, 0) is 55.0 Å². The zero-order chi connectivity index (χ0) is 20.1. The van der Waals surface area contributed by atoms with E-state index in [0.717, 1.165) is 22.3 Å². The molecular weight excluding hydrogens is 398 g/mol. The monoisotopic (exact) mass is 415 g/mol. The molecule has 1 saturated heterocycles. The number of amides is 2. The minimum Gasteiger partial charge on any atom is -0.493 e. The van der Waals surface area contributed by atoms with Crippen LogP contribution in [0.2, 0.25) is 0 Å². The maximum atomic E-state index is 12.7. The van der Waals surface area contributed by atoms with Crippen molar-refractivity contribution in [2.24, 2.45) is 0 Å². The van der Waals surface area contributed by atoms with Crippen molar-refractivity contribution in [2.75, 3.05) is 13.7 Å². The Kier molecular flexibility index (Phi) is 6.27.